The van der Waals surface area contributed by atoms with Gasteiger partial charge in [0.25, 0.3) is 0 Å². The molecule has 3 atom stereocenters. The molecule has 0 saturated carbocycles. The van der Waals surface area contributed by atoms with Crippen LogP contribution >= 0.6 is 0 Å². The summed E-state index contributed by atoms with van der Waals surface area (Å²) in [6, 6.07) is 17.6. The summed E-state index contributed by atoms with van der Waals surface area (Å²) < 4.78 is 16.7. The van der Waals surface area contributed by atoms with Crippen LogP contribution < -0.4 is 19.5 Å². The minimum absolute atomic E-state index is 0.484. The third-order valence-corrected chi connectivity index (χ3v) is 7.76. The molecule has 0 aliphatic carbocycles. The largest absolute Gasteiger partial charge is 0.486 e. The number of para-hydroxylation sites is 1. The number of aromatic nitrogens is 1. The summed E-state index contributed by atoms with van der Waals surface area (Å²) in [4.78, 5) is 7.16. The lowest BCUT2D eigenvalue weighted by Crippen LogP contribution is -2.50. The summed E-state index contributed by atoms with van der Waals surface area (Å²) in [5.74, 6) is 2.26. The van der Waals surface area contributed by atoms with Gasteiger partial charge in [-0.1, -0.05) is 24.3 Å². The predicted octanol–water partition coefficient (Wildman–Crippen LogP) is 3.83. The van der Waals surface area contributed by atoms with Crippen molar-refractivity contribution in [1.29, 1.82) is 0 Å². The molecule has 35 heavy (non-hydrogen) atoms. The van der Waals surface area contributed by atoms with Crippen LogP contribution in [0.15, 0.2) is 48.5 Å². The first kappa shape index (κ1) is 22.6. The lowest BCUT2D eigenvalue weighted by Gasteiger charge is -2.40. The number of aliphatic hydroxyl groups is 1. The third-order valence-electron chi connectivity index (χ3n) is 7.76. The number of piperidine rings is 1. The smallest absolute Gasteiger partial charge is 0.213 e. The lowest BCUT2D eigenvalue weighted by molar-refractivity contribution is 0.0521. The molecule has 3 aliphatic rings. The standard InChI is InChI=1S/C28H33N3O4/c1-33-27-10-6-19-3-2-4-23(28(19)30-27)24(32)17-31-21-7-8-22(31)15-20(14-21)29-16-18-5-9-25-26(13-18)35-12-11-34-25/h2-6,9-10,13,20-22,24,29,32H,7-8,11-12,14-17H2,1H3. The molecule has 2 N–H and O–H groups in total. The van der Waals surface area contributed by atoms with Crippen LogP contribution in [0.2, 0.25) is 0 Å². The molecule has 2 aromatic carbocycles. The number of benzene rings is 2. The molecule has 2 saturated heterocycles. The predicted molar refractivity (Wildman–Crippen MR) is 134 cm³/mol. The average Bonchev–Trinajstić information content (AvgIpc) is 3.12. The minimum Gasteiger partial charge on any atom is -0.486 e. The van der Waals surface area contributed by atoms with Crippen molar-refractivity contribution in [3.63, 3.8) is 0 Å². The lowest BCUT2D eigenvalue weighted by atomic mass is 9.95. The number of ether oxygens (including phenoxy) is 3. The summed E-state index contributed by atoms with van der Waals surface area (Å²) in [6.45, 7) is 2.70. The number of nitrogens with one attached hydrogen (secondary N) is 1. The van der Waals surface area contributed by atoms with Gasteiger partial charge in [-0.05, 0) is 49.4 Å². The highest BCUT2D eigenvalue weighted by molar-refractivity contribution is 5.82. The van der Waals surface area contributed by atoms with Gasteiger partial charge in [0.2, 0.25) is 5.88 Å². The van der Waals surface area contributed by atoms with E-state index in [1.165, 1.54) is 18.4 Å². The van der Waals surface area contributed by atoms with Crippen LogP contribution in [0.4, 0.5) is 0 Å². The maximum atomic E-state index is 11.3. The van der Waals surface area contributed by atoms with Crippen LogP contribution in [0.3, 0.4) is 0 Å². The normalized spacial score (nSPS) is 24.5. The monoisotopic (exact) mass is 475 g/mol. The van der Waals surface area contributed by atoms with E-state index in [-0.39, 0.29) is 0 Å². The van der Waals surface area contributed by atoms with E-state index >= 15 is 0 Å². The fraction of sp³-hybridized carbons (Fsp3) is 0.464. The van der Waals surface area contributed by atoms with E-state index in [1.807, 2.05) is 36.4 Å². The second-order valence-electron chi connectivity index (χ2n) is 9.90. The zero-order valence-corrected chi connectivity index (χ0v) is 20.2. The zero-order chi connectivity index (χ0) is 23.8. The molecule has 184 valence electrons. The van der Waals surface area contributed by atoms with Crippen molar-refractivity contribution >= 4 is 10.9 Å². The Morgan fingerprint density at radius 1 is 1.06 bits per heavy atom. The summed E-state index contributed by atoms with van der Waals surface area (Å²) in [6.07, 6.45) is 4.02. The highest BCUT2D eigenvalue weighted by Crippen LogP contribution is 2.38. The summed E-state index contributed by atoms with van der Waals surface area (Å²) in [5.41, 5.74) is 2.92. The third kappa shape index (κ3) is 4.56. The van der Waals surface area contributed by atoms with Gasteiger partial charge in [0.15, 0.2) is 11.5 Å². The Morgan fingerprint density at radius 3 is 2.66 bits per heavy atom. The Kier molecular flexibility index (Phi) is 6.22. The molecule has 0 amide bonds. The Bertz CT molecular complexity index is 1190. The molecule has 3 aliphatic heterocycles. The van der Waals surface area contributed by atoms with E-state index in [9.17, 15) is 5.11 Å². The van der Waals surface area contributed by atoms with E-state index in [0.29, 0.717) is 43.8 Å². The zero-order valence-electron chi connectivity index (χ0n) is 20.2. The van der Waals surface area contributed by atoms with Crippen molar-refractivity contribution in [3.8, 4) is 17.4 Å². The molecule has 7 nitrogen and oxygen atoms in total. The second kappa shape index (κ2) is 9.64. The van der Waals surface area contributed by atoms with Gasteiger partial charge >= 0.3 is 0 Å². The molecule has 6 rings (SSSR count). The molecule has 2 bridgehead atoms. The van der Waals surface area contributed by atoms with Crippen LogP contribution in [0.25, 0.3) is 10.9 Å². The number of nitrogens with zero attached hydrogens (tertiary/aromatic N) is 2. The van der Waals surface area contributed by atoms with E-state index in [0.717, 1.165) is 47.4 Å². The first-order chi connectivity index (χ1) is 17.2. The van der Waals surface area contributed by atoms with E-state index in [4.69, 9.17) is 14.2 Å². The average molecular weight is 476 g/mol. The highest BCUT2D eigenvalue weighted by Gasteiger charge is 2.41. The fourth-order valence-electron chi connectivity index (χ4n) is 6.03. The summed E-state index contributed by atoms with van der Waals surface area (Å²) in [5, 5.41) is 16.1. The van der Waals surface area contributed by atoms with Gasteiger partial charge < -0.3 is 24.6 Å². The molecule has 0 spiro atoms. The van der Waals surface area contributed by atoms with Crippen molar-refractivity contribution in [1.82, 2.24) is 15.2 Å². The van der Waals surface area contributed by atoms with Gasteiger partial charge in [-0.25, -0.2) is 4.98 Å². The Morgan fingerprint density at radius 2 is 1.86 bits per heavy atom. The molecule has 0 radical (unpaired) electrons. The number of hydrogen-bond acceptors (Lipinski definition) is 7. The van der Waals surface area contributed by atoms with Crippen LogP contribution in [-0.4, -0.2) is 60.0 Å². The number of fused-ring (bicyclic) bond motifs is 4. The Hall–Kier alpha value is -2.87. The first-order valence-electron chi connectivity index (χ1n) is 12.7. The number of pyridine rings is 1. The molecule has 7 heteroatoms. The topological polar surface area (TPSA) is 76.1 Å². The highest BCUT2D eigenvalue weighted by atomic mass is 16.6. The van der Waals surface area contributed by atoms with Gasteiger partial charge in [-0.3, -0.25) is 4.90 Å². The van der Waals surface area contributed by atoms with Crippen LogP contribution in [0, 0.1) is 0 Å². The van der Waals surface area contributed by atoms with Crippen LogP contribution in [0.1, 0.15) is 42.9 Å². The molecule has 4 heterocycles. The minimum atomic E-state index is -0.580. The van der Waals surface area contributed by atoms with Crippen molar-refractivity contribution in [2.24, 2.45) is 0 Å². The first-order valence-corrected chi connectivity index (χ1v) is 12.7. The molecular formula is C28H33N3O4. The van der Waals surface area contributed by atoms with Crippen LogP contribution in [-0.2, 0) is 6.54 Å². The van der Waals surface area contributed by atoms with Gasteiger partial charge in [-0.15, -0.1) is 0 Å². The van der Waals surface area contributed by atoms with Gasteiger partial charge in [0.05, 0.1) is 18.7 Å². The van der Waals surface area contributed by atoms with Crippen molar-refractivity contribution in [2.75, 3.05) is 26.9 Å². The van der Waals surface area contributed by atoms with Crippen LogP contribution in [0.5, 0.6) is 17.4 Å². The number of hydrogen-bond donors (Lipinski definition) is 2. The summed E-state index contributed by atoms with van der Waals surface area (Å²) in [7, 11) is 1.62. The number of aliphatic hydroxyl groups excluding tert-OH is 1. The molecule has 1 aromatic heterocycles. The maximum absolute atomic E-state index is 11.3. The summed E-state index contributed by atoms with van der Waals surface area (Å²) >= 11 is 0. The Labute approximate surface area is 206 Å². The number of rotatable bonds is 7. The van der Waals surface area contributed by atoms with E-state index < -0.39 is 6.10 Å². The van der Waals surface area contributed by atoms with Gasteiger partial charge in [0.1, 0.15) is 13.2 Å². The van der Waals surface area contributed by atoms with Crippen molar-refractivity contribution in [3.05, 3.63) is 59.7 Å². The van der Waals surface area contributed by atoms with E-state index in [1.54, 1.807) is 7.11 Å². The fourth-order valence-corrected chi connectivity index (χ4v) is 6.03. The molecule has 3 unspecified atom stereocenters. The SMILES string of the molecule is COc1ccc2cccc(C(O)CN3C4CCC3CC(NCc3ccc5c(c3)OCCO5)C4)c2n1. The van der Waals surface area contributed by atoms with Crippen molar-refractivity contribution in [2.45, 2.75) is 56.5 Å². The van der Waals surface area contributed by atoms with Gasteiger partial charge in [-0.2, -0.15) is 0 Å². The second-order valence-corrected chi connectivity index (χ2v) is 9.90. The molecule has 2 fully saturated rings. The maximum Gasteiger partial charge on any atom is 0.213 e. The van der Waals surface area contributed by atoms with Crippen molar-refractivity contribution < 1.29 is 19.3 Å². The quantitative estimate of drug-likeness (QED) is 0.538. The molecular weight excluding hydrogens is 442 g/mol. The number of methoxy groups -OCH3 is 1. The Balaban J connectivity index is 1.10. The van der Waals surface area contributed by atoms with Gasteiger partial charge in [0, 0.05) is 48.2 Å². The molecule has 3 aromatic rings. The van der Waals surface area contributed by atoms with E-state index in [2.05, 4.69) is 27.3 Å².